The zero-order valence-corrected chi connectivity index (χ0v) is 19.5. The molecule has 29 heavy (non-hydrogen) atoms. The van der Waals surface area contributed by atoms with Gasteiger partial charge in [-0.2, -0.15) is 5.10 Å². The first kappa shape index (κ1) is 23.0. The number of para-hydroxylation sites is 1. The molecule has 0 bridgehead atoms. The zero-order chi connectivity index (χ0) is 19.6. The van der Waals surface area contributed by atoms with Crippen molar-refractivity contribution in [3.8, 4) is 5.69 Å². The minimum atomic E-state index is 0. The summed E-state index contributed by atoms with van der Waals surface area (Å²) in [6.45, 7) is 7.58. The van der Waals surface area contributed by atoms with Crippen LogP contribution in [-0.4, -0.2) is 39.9 Å². The third-order valence-electron chi connectivity index (χ3n) is 4.57. The van der Waals surface area contributed by atoms with Crippen LogP contribution >= 0.6 is 24.0 Å². The van der Waals surface area contributed by atoms with Gasteiger partial charge in [0.15, 0.2) is 5.96 Å². The fourth-order valence-corrected chi connectivity index (χ4v) is 3.08. The fraction of sp³-hybridized carbons (Fsp3) is 0.364. The van der Waals surface area contributed by atoms with E-state index in [-0.39, 0.29) is 24.0 Å². The van der Waals surface area contributed by atoms with E-state index < -0.39 is 0 Å². The van der Waals surface area contributed by atoms with Gasteiger partial charge in [-0.05, 0) is 56.5 Å². The molecule has 6 nitrogen and oxygen atoms in total. The van der Waals surface area contributed by atoms with Crippen LogP contribution < -0.4 is 10.6 Å². The van der Waals surface area contributed by atoms with Gasteiger partial charge >= 0.3 is 0 Å². The van der Waals surface area contributed by atoms with Crippen LogP contribution in [0.5, 0.6) is 0 Å². The standard InChI is InChI=1S/C22H30N6.HI/c1-3-23-22(25-14-17-27-15-7-8-16-27)24-13-9-10-20-18-28(26-19(20)2)21-11-5-4-6-12-21;/h4-8,11-12,15-16,18H,3,9-10,13-14,17H2,1-2H3,(H2,23,24,25);1H. The number of hydrogen-bond acceptors (Lipinski definition) is 2. The molecule has 7 heteroatoms. The summed E-state index contributed by atoms with van der Waals surface area (Å²) in [6.07, 6.45) is 8.25. The first-order valence-electron chi connectivity index (χ1n) is 9.99. The Morgan fingerprint density at radius 2 is 1.83 bits per heavy atom. The number of aryl methyl sites for hydroxylation is 2. The van der Waals surface area contributed by atoms with Crippen LogP contribution in [0.25, 0.3) is 5.69 Å². The summed E-state index contributed by atoms with van der Waals surface area (Å²) < 4.78 is 4.12. The maximum atomic E-state index is 4.70. The van der Waals surface area contributed by atoms with Crippen molar-refractivity contribution in [2.45, 2.75) is 33.2 Å². The predicted octanol–water partition coefficient (Wildman–Crippen LogP) is 3.79. The van der Waals surface area contributed by atoms with Gasteiger partial charge in [0.25, 0.3) is 0 Å². The summed E-state index contributed by atoms with van der Waals surface area (Å²) in [5, 5.41) is 11.4. The SMILES string of the molecule is CCNC(=NCCCc1cn(-c2ccccc2)nc1C)NCCn1cccc1.I. The van der Waals surface area contributed by atoms with E-state index in [1.54, 1.807) is 0 Å². The Hall–Kier alpha value is -2.29. The summed E-state index contributed by atoms with van der Waals surface area (Å²) in [5.41, 5.74) is 3.46. The quantitative estimate of drug-likeness (QED) is 0.201. The maximum Gasteiger partial charge on any atom is 0.191 e. The molecule has 0 amide bonds. The molecule has 2 aromatic heterocycles. The molecule has 1 aromatic carbocycles. The van der Waals surface area contributed by atoms with E-state index in [1.807, 2.05) is 35.0 Å². The molecule has 0 spiro atoms. The molecule has 2 heterocycles. The number of aliphatic imine (C=N–C) groups is 1. The van der Waals surface area contributed by atoms with Crippen LogP contribution in [-0.2, 0) is 13.0 Å². The Labute approximate surface area is 190 Å². The lowest BCUT2D eigenvalue weighted by Crippen LogP contribution is -2.38. The molecule has 0 fully saturated rings. The van der Waals surface area contributed by atoms with Gasteiger partial charge in [-0.3, -0.25) is 4.99 Å². The highest BCUT2D eigenvalue weighted by molar-refractivity contribution is 14.0. The lowest BCUT2D eigenvalue weighted by Gasteiger charge is -2.11. The van der Waals surface area contributed by atoms with Crippen LogP contribution in [0.2, 0.25) is 0 Å². The van der Waals surface area contributed by atoms with E-state index in [0.29, 0.717) is 0 Å². The summed E-state index contributed by atoms with van der Waals surface area (Å²) in [4.78, 5) is 4.70. The van der Waals surface area contributed by atoms with Gasteiger partial charge in [0.05, 0.1) is 11.4 Å². The normalized spacial score (nSPS) is 11.2. The molecule has 3 aromatic rings. The molecule has 2 N–H and O–H groups in total. The van der Waals surface area contributed by atoms with Gasteiger partial charge in [0.2, 0.25) is 0 Å². The van der Waals surface area contributed by atoms with Crippen molar-refractivity contribution in [3.05, 3.63) is 72.3 Å². The number of guanidine groups is 1. The average Bonchev–Trinajstić information content (AvgIpc) is 3.36. The molecule has 0 aliphatic heterocycles. The first-order valence-corrected chi connectivity index (χ1v) is 9.99. The van der Waals surface area contributed by atoms with E-state index in [2.05, 4.69) is 64.9 Å². The van der Waals surface area contributed by atoms with Gasteiger partial charge in [0, 0.05) is 44.8 Å². The number of nitrogens with zero attached hydrogens (tertiary/aromatic N) is 4. The molecule has 0 aliphatic carbocycles. The van der Waals surface area contributed by atoms with E-state index in [4.69, 9.17) is 4.99 Å². The molecule has 3 rings (SSSR count). The van der Waals surface area contributed by atoms with Crippen molar-refractivity contribution in [1.82, 2.24) is 25.0 Å². The van der Waals surface area contributed by atoms with Crippen LogP contribution in [0, 0.1) is 6.92 Å². The van der Waals surface area contributed by atoms with Crippen molar-refractivity contribution >= 4 is 29.9 Å². The van der Waals surface area contributed by atoms with Crippen LogP contribution in [0.15, 0.2) is 66.0 Å². The van der Waals surface area contributed by atoms with E-state index >= 15 is 0 Å². The van der Waals surface area contributed by atoms with Gasteiger partial charge in [-0.1, -0.05) is 18.2 Å². The predicted molar refractivity (Wildman–Crippen MR) is 130 cm³/mol. The fourth-order valence-electron chi connectivity index (χ4n) is 3.08. The van der Waals surface area contributed by atoms with Gasteiger partial charge in [-0.15, -0.1) is 24.0 Å². The Morgan fingerprint density at radius 1 is 1.07 bits per heavy atom. The Morgan fingerprint density at radius 3 is 2.55 bits per heavy atom. The van der Waals surface area contributed by atoms with Crippen LogP contribution in [0.1, 0.15) is 24.6 Å². The molecule has 0 aliphatic rings. The molecule has 0 saturated carbocycles. The van der Waals surface area contributed by atoms with Crippen LogP contribution in [0.3, 0.4) is 0 Å². The monoisotopic (exact) mass is 506 g/mol. The van der Waals surface area contributed by atoms with E-state index in [9.17, 15) is 0 Å². The number of rotatable bonds is 9. The van der Waals surface area contributed by atoms with E-state index in [0.717, 1.165) is 56.4 Å². The molecule has 0 atom stereocenters. The number of benzene rings is 1. The highest BCUT2D eigenvalue weighted by atomic mass is 127. The highest BCUT2D eigenvalue weighted by Gasteiger charge is 2.06. The van der Waals surface area contributed by atoms with Crippen molar-refractivity contribution in [2.24, 2.45) is 4.99 Å². The third-order valence-corrected chi connectivity index (χ3v) is 4.57. The second kappa shape index (κ2) is 12.3. The Bertz CT molecular complexity index is 855. The van der Waals surface area contributed by atoms with Gasteiger partial charge in [-0.25, -0.2) is 4.68 Å². The van der Waals surface area contributed by atoms with Crippen molar-refractivity contribution in [3.63, 3.8) is 0 Å². The smallest absolute Gasteiger partial charge is 0.191 e. The Balaban J connectivity index is 0.00000300. The minimum Gasteiger partial charge on any atom is -0.357 e. The number of hydrogen-bond donors (Lipinski definition) is 2. The highest BCUT2D eigenvalue weighted by Crippen LogP contribution is 2.13. The van der Waals surface area contributed by atoms with Crippen molar-refractivity contribution in [1.29, 1.82) is 0 Å². The molecule has 0 unspecified atom stereocenters. The zero-order valence-electron chi connectivity index (χ0n) is 17.2. The topological polar surface area (TPSA) is 59.2 Å². The molecule has 0 saturated heterocycles. The lowest BCUT2D eigenvalue weighted by atomic mass is 10.1. The molecule has 0 radical (unpaired) electrons. The summed E-state index contributed by atoms with van der Waals surface area (Å²) in [5.74, 6) is 0.881. The number of nitrogens with one attached hydrogen (secondary N) is 2. The summed E-state index contributed by atoms with van der Waals surface area (Å²) >= 11 is 0. The van der Waals surface area contributed by atoms with Gasteiger partial charge in [0.1, 0.15) is 0 Å². The number of aromatic nitrogens is 3. The minimum absolute atomic E-state index is 0. The molecule has 156 valence electrons. The van der Waals surface area contributed by atoms with Crippen LogP contribution in [0.4, 0.5) is 0 Å². The second-order valence-electron chi connectivity index (χ2n) is 6.73. The Kier molecular flexibility index (Phi) is 9.76. The molecular weight excluding hydrogens is 475 g/mol. The van der Waals surface area contributed by atoms with Gasteiger partial charge < -0.3 is 15.2 Å². The largest absolute Gasteiger partial charge is 0.357 e. The third kappa shape index (κ3) is 7.23. The number of halogens is 1. The summed E-state index contributed by atoms with van der Waals surface area (Å²) in [7, 11) is 0. The van der Waals surface area contributed by atoms with Crippen molar-refractivity contribution < 1.29 is 0 Å². The van der Waals surface area contributed by atoms with Crippen molar-refractivity contribution in [2.75, 3.05) is 19.6 Å². The lowest BCUT2D eigenvalue weighted by molar-refractivity contribution is 0.664. The molecular formula is C22H31IN6. The first-order chi connectivity index (χ1) is 13.8. The summed E-state index contributed by atoms with van der Waals surface area (Å²) in [6, 6.07) is 14.3. The average molecular weight is 506 g/mol. The second-order valence-corrected chi connectivity index (χ2v) is 6.73. The maximum absolute atomic E-state index is 4.70. The van der Waals surface area contributed by atoms with E-state index in [1.165, 1.54) is 5.56 Å².